The highest BCUT2D eigenvalue weighted by Crippen LogP contribution is 2.26. The highest BCUT2D eigenvalue weighted by Gasteiger charge is 2.27. The van der Waals surface area contributed by atoms with Gasteiger partial charge in [0, 0.05) is 5.69 Å². The average molecular weight is 297 g/mol. The molecule has 3 rings (SSSR count). The Balaban J connectivity index is 1.64. The standard InChI is InChI=1S/C16H15N3O3/c20-11-7-5-10(6-8-11)17-15(21)9-14-16(22)19-13-4-2-1-3-12(13)18-14/h1-8,14,18,20H,9H2,(H,17,21)(H,19,22)/t14-/m1/s1. The van der Waals surface area contributed by atoms with E-state index in [4.69, 9.17) is 0 Å². The molecule has 1 atom stereocenters. The first kappa shape index (κ1) is 13.9. The molecule has 0 unspecified atom stereocenters. The lowest BCUT2D eigenvalue weighted by Gasteiger charge is -2.26. The zero-order valence-corrected chi connectivity index (χ0v) is 11.7. The molecule has 0 spiro atoms. The van der Waals surface area contributed by atoms with Gasteiger partial charge in [0.25, 0.3) is 0 Å². The van der Waals surface area contributed by atoms with E-state index in [1.165, 1.54) is 12.1 Å². The Labute approximate surface area is 127 Å². The second-order valence-electron chi connectivity index (χ2n) is 5.03. The van der Waals surface area contributed by atoms with Gasteiger partial charge in [-0.1, -0.05) is 12.1 Å². The van der Waals surface area contributed by atoms with Crippen LogP contribution in [0.1, 0.15) is 6.42 Å². The van der Waals surface area contributed by atoms with Gasteiger partial charge in [-0.05, 0) is 36.4 Å². The minimum atomic E-state index is -0.619. The van der Waals surface area contributed by atoms with E-state index in [0.717, 1.165) is 5.69 Å². The van der Waals surface area contributed by atoms with Crippen molar-refractivity contribution in [3.63, 3.8) is 0 Å². The van der Waals surface area contributed by atoms with Crippen molar-refractivity contribution >= 4 is 28.9 Å². The number of fused-ring (bicyclic) bond motifs is 1. The normalized spacial score (nSPS) is 16.2. The topological polar surface area (TPSA) is 90.5 Å². The van der Waals surface area contributed by atoms with Crippen LogP contribution in [0.25, 0.3) is 0 Å². The van der Waals surface area contributed by atoms with Crippen molar-refractivity contribution in [2.75, 3.05) is 16.0 Å². The SMILES string of the molecule is O=C(C[C@H]1Nc2ccccc2NC1=O)Nc1ccc(O)cc1. The number of aromatic hydroxyl groups is 1. The molecule has 22 heavy (non-hydrogen) atoms. The van der Waals surface area contributed by atoms with Crippen LogP contribution in [0.3, 0.4) is 0 Å². The minimum absolute atomic E-state index is 0.0149. The van der Waals surface area contributed by atoms with E-state index >= 15 is 0 Å². The van der Waals surface area contributed by atoms with Crippen molar-refractivity contribution in [3.8, 4) is 5.75 Å². The summed E-state index contributed by atoms with van der Waals surface area (Å²) >= 11 is 0. The molecule has 0 fully saturated rings. The van der Waals surface area contributed by atoms with Crippen LogP contribution in [0, 0.1) is 0 Å². The van der Waals surface area contributed by atoms with Gasteiger partial charge in [0.1, 0.15) is 11.8 Å². The number of benzene rings is 2. The Morgan fingerprint density at radius 2 is 1.77 bits per heavy atom. The van der Waals surface area contributed by atoms with Crippen LogP contribution in [-0.4, -0.2) is 23.0 Å². The lowest BCUT2D eigenvalue weighted by atomic mass is 10.1. The van der Waals surface area contributed by atoms with Crippen molar-refractivity contribution in [1.29, 1.82) is 0 Å². The van der Waals surface area contributed by atoms with Crippen LogP contribution >= 0.6 is 0 Å². The number of phenols is 1. The summed E-state index contributed by atoms with van der Waals surface area (Å²) in [5, 5.41) is 17.7. The van der Waals surface area contributed by atoms with Gasteiger partial charge in [-0.15, -0.1) is 0 Å². The van der Waals surface area contributed by atoms with Gasteiger partial charge in [0.05, 0.1) is 17.8 Å². The molecule has 0 radical (unpaired) electrons. The average Bonchev–Trinajstić information content (AvgIpc) is 2.50. The maximum atomic E-state index is 12.0. The molecular weight excluding hydrogens is 282 g/mol. The van der Waals surface area contributed by atoms with Crippen molar-refractivity contribution in [2.24, 2.45) is 0 Å². The van der Waals surface area contributed by atoms with Crippen molar-refractivity contribution in [1.82, 2.24) is 0 Å². The summed E-state index contributed by atoms with van der Waals surface area (Å²) in [6.07, 6.45) is 0.0149. The van der Waals surface area contributed by atoms with E-state index in [9.17, 15) is 14.7 Å². The molecule has 112 valence electrons. The van der Waals surface area contributed by atoms with Gasteiger partial charge in [-0.25, -0.2) is 0 Å². The van der Waals surface area contributed by atoms with Crippen LogP contribution in [0.5, 0.6) is 5.75 Å². The summed E-state index contributed by atoms with van der Waals surface area (Å²) in [5.74, 6) is -0.389. The van der Waals surface area contributed by atoms with Crippen LogP contribution in [-0.2, 0) is 9.59 Å². The molecule has 4 N–H and O–H groups in total. The van der Waals surface area contributed by atoms with Gasteiger partial charge in [0.15, 0.2) is 0 Å². The molecule has 1 aliphatic heterocycles. The summed E-state index contributed by atoms with van der Waals surface area (Å²) in [7, 11) is 0. The molecule has 1 heterocycles. The molecule has 2 aromatic rings. The van der Waals surface area contributed by atoms with Crippen molar-refractivity contribution in [2.45, 2.75) is 12.5 Å². The first-order chi connectivity index (χ1) is 10.6. The number of para-hydroxylation sites is 2. The van der Waals surface area contributed by atoms with Crippen LogP contribution in [0.2, 0.25) is 0 Å². The lowest BCUT2D eigenvalue weighted by Crippen LogP contribution is -2.41. The van der Waals surface area contributed by atoms with Crippen LogP contribution in [0.15, 0.2) is 48.5 Å². The van der Waals surface area contributed by atoms with Gasteiger partial charge in [-0.3, -0.25) is 9.59 Å². The fourth-order valence-electron chi connectivity index (χ4n) is 2.28. The predicted molar refractivity (Wildman–Crippen MR) is 83.8 cm³/mol. The molecule has 0 aromatic heterocycles. The Morgan fingerprint density at radius 1 is 1.09 bits per heavy atom. The van der Waals surface area contributed by atoms with E-state index in [-0.39, 0.29) is 24.0 Å². The number of nitrogens with one attached hydrogen (secondary N) is 3. The van der Waals surface area contributed by atoms with E-state index in [0.29, 0.717) is 11.4 Å². The monoisotopic (exact) mass is 297 g/mol. The lowest BCUT2D eigenvalue weighted by molar-refractivity contribution is -0.122. The number of amides is 2. The third-order valence-corrected chi connectivity index (χ3v) is 3.37. The first-order valence-electron chi connectivity index (χ1n) is 6.87. The fourth-order valence-corrected chi connectivity index (χ4v) is 2.28. The molecule has 2 amide bonds. The highest BCUT2D eigenvalue weighted by molar-refractivity contribution is 6.06. The number of carbonyl (C=O) groups is 2. The number of phenolic OH excluding ortho intramolecular Hbond substituents is 1. The van der Waals surface area contributed by atoms with Crippen LogP contribution < -0.4 is 16.0 Å². The predicted octanol–water partition coefficient (Wildman–Crippen LogP) is 2.15. The summed E-state index contributed by atoms with van der Waals surface area (Å²) in [6, 6.07) is 12.9. The van der Waals surface area contributed by atoms with Crippen molar-refractivity contribution < 1.29 is 14.7 Å². The Bertz CT molecular complexity index is 713. The number of carbonyl (C=O) groups excluding carboxylic acids is 2. The highest BCUT2D eigenvalue weighted by atomic mass is 16.3. The second kappa shape index (κ2) is 5.77. The largest absolute Gasteiger partial charge is 0.508 e. The van der Waals surface area contributed by atoms with Gasteiger partial charge in [0.2, 0.25) is 11.8 Å². The summed E-state index contributed by atoms with van der Waals surface area (Å²) in [6.45, 7) is 0. The molecule has 0 saturated carbocycles. The quantitative estimate of drug-likeness (QED) is 0.653. The van der Waals surface area contributed by atoms with E-state index in [1.807, 2.05) is 18.2 Å². The summed E-state index contributed by atoms with van der Waals surface area (Å²) in [5.41, 5.74) is 2.08. The molecule has 0 aliphatic carbocycles. The molecule has 0 bridgehead atoms. The maximum absolute atomic E-state index is 12.0. The number of rotatable bonds is 3. The maximum Gasteiger partial charge on any atom is 0.247 e. The van der Waals surface area contributed by atoms with Gasteiger partial charge >= 0.3 is 0 Å². The molecule has 6 heteroatoms. The van der Waals surface area contributed by atoms with E-state index in [1.54, 1.807) is 18.2 Å². The third-order valence-electron chi connectivity index (χ3n) is 3.37. The third kappa shape index (κ3) is 3.01. The van der Waals surface area contributed by atoms with Gasteiger partial charge in [-0.2, -0.15) is 0 Å². The molecule has 2 aromatic carbocycles. The Hall–Kier alpha value is -3.02. The minimum Gasteiger partial charge on any atom is -0.508 e. The number of hydrogen-bond donors (Lipinski definition) is 4. The second-order valence-corrected chi connectivity index (χ2v) is 5.03. The van der Waals surface area contributed by atoms with Crippen LogP contribution in [0.4, 0.5) is 17.1 Å². The fraction of sp³-hybridized carbons (Fsp3) is 0.125. The zero-order chi connectivity index (χ0) is 15.5. The summed E-state index contributed by atoms with van der Waals surface area (Å²) < 4.78 is 0. The van der Waals surface area contributed by atoms with E-state index < -0.39 is 6.04 Å². The number of anilines is 3. The Kier molecular flexibility index (Phi) is 3.65. The number of hydrogen-bond acceptors (Lipinski definition) is 4. The zero-order valence-electron chi connectivity index (χ0n) is 11.7. The molecule has 1 aliphatic rings. The summed E-state index contributed by atoms with van der Waals surface area (Å²) in [4.78, 5) is 24.0. The van der Waals surface area contributed by atoms with Gasteiger partial charge < -0.3 is 21.1 Å². The molecular formula is C16H15N3O3. The smallest absolute Gasteiger partial charge is 0.247 e. The Morgan fingerprint density at radius 3 is 2.50 bits per heavy atom. The first-order valence-corrected chi connectivity index (χ1v) is 6.87. The molecule has 6 nitrogen and oxygen atoms in total. The van der Waals surface area contributed by atoms with Crippen molar-refractivity contribution in [3.05, 3.63) is 48.5 Å². The molecule has 0 saturated heterocycles. The van der Waals surface area contributed by atoms with E-state index in [2.05, 4.69) is 16.0 Å².